The van der Waals surface area contributed by atoms with Gasteiger partial charge in [0.1, 0.15) is 5.82 Å². The maximum Gasteiger partial charge on any atom is 0.254 e. The summed E-state index contributed by atoms with van der Waals surface area (Å²) in [6.45, 7) is 1.84. The van der Waals surface area contributed by atoms with Crippen molar-refractivity contribution in [2.45, 2.75) is 44.7 Å². The van der Waals surface area contributed by atoms with Gasteiger partial charge in [0.05, 0.1) is 23.1 Å². The second kappa shape index (κ2) is 6.50. The van der Waals surface area contributed by atoms with E-state index in [1.165, 1.54) is 12.1 Å². The molecule has 0 radical (unpaired) electrons. The number of hydrogen-bond donors (Lipinski definition) is 2. The fraction of sp³-hybridized carbons (Fsp3) is 0.412. The molecule has 122 valence electrons. The molecular formula is C17H21FN4O. The Balaban J connectivity index is 1.73. The second-order valence-corrected chi connectivity index (χ2v) is 6.12. The third-order valence-corrected chi connectivity index (χ3v) is 4.43. The van der Waals surface area contributed by atoms with Gasteiger partial charge in [-0.2, -0.15) is 5.10 Å². The van der Waals surface area contributed by atoms with Crippen LogP contribution >= 0.6 is 0 Å². The molecule has 1 aliphatic rings. The van der Waals surface area contributed by atoms with Gasteiger partial charge in [-0.05, 0) is 56.9 Å². The molecule has 5 nitrogen and oxygen atoms in total. The van der Waals surface area contributed by atoms with Crippen LogP contribution in [0, 0.1) is 12.7 Å². The predicted octanol–water partition coefficient (Wildman–Crippen LogP) is 2.32. The molecule has 1 saturated carbocycles. The van der Waals surface area contributed by atoms with E-state index in [0.717, 1.165) is 37.1 Å². The number of halogens is 1. The van der Waals surface area contributed by atoms with Gasteiger partial charge in [-0.1, -0.05) is 0 Å². The molecule has 1 amide bonds. The number of hydrogen-bond acceptors (Lipinski definition) is 3. The van der Waals surface area contributed by atoms with Gasteiger partial charge in [0.15, 0.2) is 0 Å². The summed E-state index contributed by atoms with van der Waals surface area (Å²) >= 11 is 0. The Morgan fingerprint density at radius 3 is 2.57 bits per heavy atom. The van der Waals surface area contributed by atoms with Gasteiger partial charge < -0.3 is 11.1 Å². The van der Waals surface area contributed by atoms with Crippen molar-refractivity contribution < 1.29 is 9.18 Å². The van der Waals surface area contributed by atoms with Crippen LogP contribution in [0.25, 0.3) is 5.69 Å². The van der Waals surface area contributed by atoms with Crippen LogP contribution in [0.15, 0.2) is 30.5 Å². The molecule has 0 saturated heterocycles. The summed E-state index contributed by atoms with van der Waals surface area (Å²) in [7, 11) is 0. The van der Waals surface area contributed by atoms with Gasteiger partial charge in [-0.3, -0.25) is 4.79 Å². The number of amides is 1. The van der Waals surface area contributed by atoms with Crippen molar-refractivity contribution in [1.82, 2.24) is 15.1 Å². The molecule has 1 aromatic heterocycles. The van der Waals surface area contributed by atoms with Gasteiger partial charge in [0.25, 0.3) is 5.91 Å². The average Bonchev–Trinajstić information content (AvgIpc) is 2.92. The summed E-state index contributed by atoms with van der Waals surface area (Å²) in [6.07, 6.45) is 5.27. The number of aromatic nitrogens is 2. The van der Waals surface area contributed by atoms with E-state index in [1.807, 2.05) is 6.92 Å². The lowest BCUT2D eigenvalue weighted by Crippen LogP contribution is -2.40. The Kier molecular flexibility index (Phi) is 4.43. The monoisotopic (exact) mass is 316 g/mol. The fourth-order valence-corrected chi connectivity index (χ4v) is 3.00. The smallest absolute Gasteiger partial charge is 0.254 e. The summed E-state index contributed by atoms with van der Waals surface area (Å²) in [4.78, 5) is 12.5. The highest BCUT2D eigenvalue weighted by molar-refractivity contribution is 5.95. The molecular weight excluding hydrogens is 295 g/mol. The van der Waals surface area contributed by atoms with Gasteiger partial charge in [-0.15, -0.1) is 0 Å². The third-order valence-electron chi connectivity index (χ3n) is 4.43. The van der Waals surface area contributed by atoms with Crippen LogP contribution < -0.4 is 11.1 Å². The van der Waals surface area contributed by atoms with Crippen molar-refractivity contribution in [2.75, 3.05) is 0 Å². The van der Waals surface area contributed by atoms with Crippen molar-refractivity contribution in [1.29, 1.82) is 0 Å². The van der Waals surface area contributed by atoms with E-state index in [1.54, 1.807) is 23.0 Å². The molecule has 0 spiro atoms. The zero-order valence-electron chi connectivity index (χ0n) is 13.1. The predicted molar refractivity (Wildman–Crippen MR) is 86.0 cm³/mol. The zero-order chi connectivity index (χ0) is 16.4. The largest absolute Gasteiger partial charge is 0.349 e. The van der Waals surface area contributed by atoms with Crippen molar-refractivity contribution >= 4 is 5.91 Å². The first kappa shape index (κ1) is 15.7. The van der Waals surface area contributed by atoms with Crippen LogP contribution in [-0.4, -0.2) is 27.8 Å². The molecule has 1 heterocycles. The topological polar surface area (TPSA) is 72.9 Å². The van der Waals surface area contributed by atoms with E-state index < -0.39 is 0 Å². The van der Waals surface area contributed by atoms with Gasteiger partial charge >= 0.3 is 0 Å². The van der Waals surface area contributed by atoms with Crippen LogP contribution in [-0.2, 0) is 0 Å². The van der Waals surface area contributed by atoms with Gasteiger partial charge in [0, 0.05) is 12.1 Å². The fourth-order valence-electron chi connectivity index (χ4n) is 3.00. The van der Waals surface area contributed by atoms with Crippen molar-refractivity contribution in [3.8, 4) is 5.69 Å². The molecule has 0 unspecified atom stereocenters. The summed E-state index contributed by atoms with van der Waals surface area (Å²) < 4.78 is 14.7. The Hall–Kier alpha value is -2.21. The van der Waals surface area contributed by atoms with E-state index in [0.29, 0.717) is 5.56 Å². The highest BCUT2D eigenvalue weighted by Crippen LogP contribution is 2.19. The molecule has 6 heteroatoms. The van der Waals surface area contributed by atoms with Gasteiger partial charge in [0.2, 0.25) is 0 Å². The number of carbonyl (C=O) groups excluding carboxylic acids is 1. The SMILES string of the molecule is Cc1c(C(=O)NC2CCC(N)CC2)cnn1-c1ccc(F)cc1. The maximum atomic E-state index is 13.0. The molecule has 3 rings (SSSR count). The lowest BCUT2D eigenvalue weighted by Gasteiger charge is -2.26. The number of rotatable bonds is 3. The minimum absolute atomic E-state index is 0.115. The van der Waals surface area contributed by atoms with E-state index in [-0.39, 0.29) is 23.8 Å². The van der Waals surface area contributed by atoms with Crippen LogP contribution in [0.2, 0.25) is 0 Å². The maximum absolute atomic E-state index is 13.0. The molecule has 1 aromatic carbocycles. The summed E-state index contributed by atoms with van der Waals surface area (Å²) in [5.74, 6) is -0.414. The minimum atomic E-state index is -0.299. The lowest BCUT2D eigenvalue weighted by atomic mass is 9.91. The Bertz CT molecular complexity index is 687. The van der Waals surface area contributed by atoms with Gasteiger partial charge in [-0.25, -0.2) is 9.07 Å². The van der Waals surface area contributed by atoms with E-state index in [9.17, 15) is 9.18 Å². The molecule has 2 aromatic rings. The van der Waals surface area contributed by atoms with Crippen LogP contribution in [0.5, 0.6) is 0 Å². The van der Waals surface area contributed by atoms with Crippen molar-refractivity contribution in [2.24, 2.45) is 5.73 Å². The molecule has 0 aliphatic heterocycles. The molecule has 1 fully saturated rings. The number of benzene rings is 1. The molecule has 23 heavy (non-hydrogen) atoms. The summed E-state index contributed by atoms with van der Waals surface area (Å²) in [5, 5.41) is 7.32. The minimum Gasteiger partial charge on any atom is -0.349 e. The number of nitrogens with zero attached hydrogens (tertiary/aromatic N) is 2. The third kappa shape index (κ3) is 3.42. The number of carbonyl (C=O) groups is 1. The van der Waals surface area contributed by atoms with Crippen molar-refractivity contribution in [3.05, 3.63) is 47.5 Å². The van der Waals surface area contributed by atoms with Crippen LogP contribution in [0.3, 0.4) is 0 Å². The highest BCUT2D eigenvalue weighted by Gasteiger charge is 2.22. The number of nitrogens with two attached hydrogens (primary N) is 1. The molecule has 1 aliphatic carbocycles. The molecule has 0 atom stereocenters. The lowest BCUT2D eigenvalue weighted by molar-refractivity contribution is 0.0925. The van der Waals surface area contributed by atoms with Crippen molar-refractivity contribution in [3.63, 3.8) is 0 Å². The summed E-state index contributed by atoms with van der Waals surface area (Å²) in [6, 6.07) is 6.46. The Labute approximate surface area is 134 Å². The zero-order valence-corrected chi connectivity index (χ0v) is 13.1. The number of nitrogens with one attached hydrogen (secondary N) is 1. The quantitative estimate of drug-likeness (QED) is 0.913. The first-order valence-corrected chi connectivity index (χ1v) is 7.91. The van der Waals surface area contributed by atoms with E-state index in [4.69, 9.17) is 5.73 Å². The van der Waals surface area contributed by atoms with E-state index in [2.05, 4.69) is 10.4 Å². The Morgan fingerprint density at radius 1 is 1.26 bits per heavy atom. The summed E-state index contributed by atoms with van der Waals surface area (Å²) in [5.41, 5.74) is 7.90. The molecule has 3 N–H and O–H groups in total. The standard InChI is InChI=1S/C17H21FN4O/c1-11-16(17(23)21-14-6-4-13(19)5-7-14)10-20-22(11)15-8-2-12(18)3-9-15/h2-3,8-10,13-14H,4-7,19H2,1H3,(H,21,23). The van der Waals surface area contributed by atoms with Crippen LogP contribution in [0.1, 0.15) is 41.7 Å². The molecule has 0 bridgehead atoms. The average molecular weight is 316 g/mol. The first-order valence-electron chi connectivity index (χ1n) is 7.91. The Morgan fingerprint density at radius 2 is 1.91 bits per heavy atom. The van der Waals surface area contributed by atoms with E-state index >= 15 is 0 Å². The second-order valence-electron chi connectivity index (χ2n) is 6.12. The highest BCUT2D eigenvalue weighted by atomic mass is 19.1. The normalized spacial score (nSPS) is 21.2. The van der Waals surface area contributed by atoms with Crippen LogP contribution in [0.4, 0.5) is 4.39 Å². The first-order chi connectivity index (χ1) is 11.0.